The van der Waals surface area contributed by atoms with Crippen molar-refractivity contribution in [2.75, 3.05) is 27.3 Å². The van der Waals surface area contributed by atoms with E-state index in [1.54, 1.807) is 32.4 Å². The second-order valence-corrected chi connectivity index (χ2v) is 10.9. The van der Waals surface area contributed by atoms with Gasteiger partial charge in [-0.3, -0.25) is 4.79 Å². The van der Waals surface area contributed by atoms with Crippen molar-refractivity contribution < 1.29 is 27.4 Å². The zero-order valence-electron chi connectivity index (χ0n) is 20.1. The maximum Gasteiger partial charge on any atom is 0.254 e. The molecular formula is C25H32N2O6S. The highest BCUT2D eigenvalue weighted by atomic mass is 32.2. The van der Waals surface area contributed by atoms with Crippen LogP contribution < -0.4 is 9.47 Å². The zero-order valence-corrected chi connectivity index (χ0v) is 20.9. The smallest absolute Gasteiger partial charge is 0.254 e. The van der Waals surface area contributed by atoms with Crippen molar-refractivity contribution in [1.29, 1.82) is 0 Å². The van der Waals surface area contributed by atoms with E-state index in [2.05, 4.69) is 0 Å². The van der Waals surface area contributed by atoms with Gasteiger partial charge in [0.05, 0.1) is 31.3 Å². The SMILES string of the molecule is COc1ccc(CN(C(=O)c2ccc(S(=O)(=O)N3CC(C)OC(C)C3)cc2)C2CC2)c(OC)c1. The Morgan fingerprint density at radius 2 is 1.68 bits per heavy atom. The number of hydrogen-bond donors (Lipinski definition) is 0. The van der Waals surface area contributed by atoms with Crippen LogP contribution in [0.25, 0.3) is 0 Å². The molecule has 2 atom stereocenters. The molecule has 1 saturated heterocycles. The normalized spacial score (nSPS) is 21.2. The van der Waals surface area contributed by atoms with Gasteiger partial charge in [-0.2, -0.15) is 4.31 Å². The molecule has 0 aromatic heterocycles. The van der Waals surface area contributed by atoms with Crippen molar-refractivity contribution >= 4 is 15.9 Å². The number of carbonyl (C=O) groups excluding carboxylic acids is 1. The van der Waals surface area contributed by atoms with E-state index in [0.717, 1.165) is 18.4 Å². The average molecular weight is 489 g/mol. The molecule has 0 spiro atoms. The highest BCUT2D eigenvalue weighted by molar-refractivity contribution is 7.89. The Morgan fingerprint density at radius 3 is 2.24 bits per heavy atom. The molecule has 8 nitrogen and oxygen atoms in total. The van der Waals surface area contributed by atoms with Crippen LogP contribution in [-0.2, 0) is 21.3 Å². The minimum atomic E-state index is -3.66. The molecule has 1 saturated carbocycles. The Bertz CT molecular complexity index is 1120. The molecule has 1 amide bonds. The van der Waals surface area contributed by atoms with Gasteiger partial charge in [0, 0.05) is 42.9 Å². The summed E-state index contributed by atoms with van der Waals surface area (Å²) in [6.07, 6.45) is 1.57. The summed E-state index contributed by atoms with van der Waals surface area (Å²) in [6.45, 7) is 4.76. The predicted octanol–water partition coefficient (Wildman–Crippen LogP) is 3.31. The fourth-order valence-electron chi connectivity index (χ4n) is 4.33. The summed E-state index contributed by atoms with van der Waals surface area (Å²) in [5, 5.41) is 0. The monoisotopic (exact) mass is 488 g/mol. The van der Waals surface area contributed by atoms with Crippen LogP contribution in [0.1, 0.15) is 42.6 Å². The number of amides is 1. The molecule has 2 aromatic carbocycles. The summed E-state index contributed by atoms with van der Waals surface area (Å²) in [4.78, 5) is 15.4. The number of benzene rings is 2. The lowest BCUT2D eigenvalue weighted by atomic mass is 10.1. The van der Waals surface area contributed by atoms with E-state index >= 15 is 0 Å². The number of rotatable bonds is 8. The van der Waals surface area contributed by atoms with E-state index in [1.807, 2.05) is 30.9 Å². The second kappa shape index (κ2) is 9.93. The fourth-order valence-corrected chi connectivity index (χ4v) is 5.92. The van der Waals surface area contributed by atoms with E-state index in [9.17, 15) is 13.2 Å². The summed E-state index contributed by atoms with van der Waals surface area (Å²) in [5.41, 5.74) is 1.35. The van der Waals surface area contributed by atoms with Gasteiger partial charge in [0.15, 0.2) is 0 Å². The summed E-state index contributed by atoms with van der Waals surface area (Å²) >= 11 is 0. The molecule has 1 aliphatic carbocycles. The van der Waals surface area contributed by atoms with E-state index < -0.39 is 10.0 Å². The largest absolute Gasteiger partial charge is 0.497 e. The van der Waals surface area contributed by atoms with Crippen LogP contribution in [0.15, 0.2) is 47.4 Å². The van der Waals surface area contributed by atoms with Crippen molar-refractivity contribution in [3.8, 4) is 11.5 Å². The van der Waals surface area contributed by atoms with Crippen LogP contribution >= 0.6 is 0 Å². The third-order valence-corrected chi connectivity index (χ3v) is 8.05. The van der Waals surface area contributed by atoms with Crippen LogP contribution in [0.2, 0.25) is 0 Å². The molecular weight excluding hydrogens is 456 g/mol. The summed E-state index contributed by atoms with van der Waals surface area (Å²) < 4.78 is 44.1. The van der Waals surface area contributed by atoms with E-state index in [1.165, 1.54) is 16.4 Å². The quantitative estimate of drug-likeness (QED) is 0.567. The van der Waals surface area contributed by atoms with E-state index in [4.69, 9.17) is 14.2 Å². The molecule has 2 fully saturated rings. The van der Waals surface area contributed by atoms with Gasteiger partial charge in [0.25, 0.3) is 5.91 Å². The number of methoxy groups -OCH3 is 2. The lowest BCUT2D eigenvalue weighted by Gasteiger charge is -2.34. The van der Waals surface area contributed by atoms with Crippen molar-refractivity contribution in [2.24, 2.45) is 0 Å². The third-order valence-electron chi connectivity index (χ3n) is 6.21. The minimum Gasteiger partial charge on any atom is -0.497 e. The van der Waals surface area contributed by atoms with Crippen LogP contribution in [0.4, 0.5) is 0 Å². The number of sulfonamides is 1. The lowest BCUT2D eigenvalue weighted by molar-refractivity contribution is -0.0440. The Hall–Kier alpha value is -2.62. The van der Waals surface area contributed by atoms with Gasteiger partial charge >= 0.3 is 0 Å². The van der Waals surface area contributed by atoms with Crippen molar-refractivity contribution in [3.05, 3.63) is 53.6 Å². The van der Waals surface area contributed by atoms with Gasteiger partial charge in [-0.05, 0) is 63.1 Å². The molecule has 1 heterocycles. The van der Waals surface area contributed by atoms with Gasteiger partial charge in [-0.1, -0.05) is 0 Å². The molecule has 0 radical (unpaired) electrons. The first kappa shape index (κ1) is 24.5. The van der Waals surface area contributed by atoms with Crippen molar-refractivity contribution in [3.63, 3.8) is 0 Å². The van der Waals surface area contributed by atoms with E-state index in [0.29, 0.717) is 36.7 Å². The van der Waals surface area contributed by atoms with Crippen LogP contribution in [-0.4, -0.2) is 69.1 Å². The van der Waals surface area contributed by atoms with Gasteiger partial charge in [-0.15, -0.1) is 0 Å². The molecule has 0 N–H and O–H groups in total. The Morgan fingerprint density at radius 1 is 1.03 bits per heavy atom. The first-order valence-electron chi connectivity index (χ1n) is 11.5. The molecule has 34 heavy (non-hydrogen) atoms. The number of carbonyl (C=O) groups is 1. The molecule has 4 rings (SSSR count). The molecule has 2 aromatic rings. The highest BCUT2D eigenvalue weighted by Crippen LogP contribution is 2.33. The highest BCUT2D eigenvalue weighted by Gasteiger charge is 2.35. The van der Waals surface area contributed by atoms with Crippen molar-refractivity contribution in [1.82, 2.24) is 9.21 Å². The molecule has 2 aliphatic rings. The standard InChI is InChI=1S/C25H32N2O6S/c1-17-14-26(15-18(2)33-17)34(29,30)23-11-6-19(7-12-23)25(28)27(21-8-9-21)16-20-5-10-22(31-3)13-24(20)32-4/h5-7,10-13,17-18,21H,8-9,14-16H2,1-4H3. The van der Waals surface area contributed by atoms with Gasteiger partial charge < -0.3 is 19.1 Å². The lowest BCUT2D eigenvalue weighted by Crippen LogP contribution is -2.48. The summed E-state index contributed by atoms with van der Waals surface area (Å²) in [6, 6.07) is 12.0. The maximum atomic E-state index is 13.4. The summed E-state index contributed by atoms with van der Waals surface area (Å²) in [5.74, 6) is 1.22. The average Bonchev–Trinajstić information content (AvgIpc) is 3.67. The van der Waals surface area contributed by atoms with E-state index in [-0.39, 0.29) is 29.1 Å². The van der Waals surface area contributed by atoms with Gasteiger partial charge in [0.1, 0.15) is 11.5 Å². The topological polar surface area (TPSA) is 85.4 Å². The summed E-state index contributed by atoms with van der Waals surface area (Å²) in [7, 11) is -0.469. The Labute approximate surface area is 201 Å². The Kier molecular flexibility index (Phi) is 7.16. The second-order valence-electron chi connectivity index (χ2n) is 8.95. The molecule has 9 heteroatoms. The number of hydrogen-bond acceptors (Lipinski definition) is 6. The number of ether oxygens (including phenoxy) is 3. The van der Waals surface area contributed by atoms with Gasteiger partial charge in [0.2, 0.25) is 10.0 Å². The first-order chi connectivity index (χ1) is 16.2. The Balaban J connectivity index is 1.53. The predicted molar refractivity (Wildman–Crippen MR) is 128 cm³/mol. The first-order valence-corrected chi connectivity index (χ1v) is 12.9. The van der Waals surface area contributed by atoms with Crippen LogP contribution in [0.3, 0.4) is 0 Å². The number of nitrogens with zero attached hydrogens (tertiary/aromatic N) is 2. The van der Waals surface area contributed by atoms with Crippen LogP contribution in [0.5, 0.6) is 11.5 Å². The fraction of sp³-hybridized carbons (Fsp3) is 0.480. The van der Waals surface area contributed by atoms with Crippen molar-refractivity contribution in [2.45, 2.75) is 56.4 Å². The minimum absolute atomic E-state index is 0.127. The molecule has 2 unspecified atom stereocenters. The molecule has 0 bridgehead atoms. The third kappa shape index (κ3) is 5.21. The van der Waals surface area contributed by atoms with Gasteiger partial charge in [-0.25, -0.2) is 8.42 Å². The molecule has 184 valence electrons. The zero-order chi connectivity index (χ0) is 24.5. The van der Waals surface area contributed by atoms with Crippen LogP contribution in [0, 0.1) is 0 Å². The number of morpholine rings is 1. The maximum absolute atomic E-state index is 13.4. The molecule has 1 aliphatic heterocycles.